The number of fused-ring (bicyclic) bond motifs is 1. The standard InChI is InChI=1S/C14H21BrN4/c15-12-6-11(8-17-9-12)14(7-16)19-5-4-18-3-1-2-13(18)10-19/h6,8-9,13-14H,1-5,7,10,16H2. The van der Waals surface area contributed by atoms with E-state index < -0.39 is 0 Å². The summed E-state index contributed by atoms with van der Waals surface area (Å²) in [6, 6.07) is 3.18. The molecule has 104 valence electrons. The predicted octanol–water partition coefficient (Wildman–Crippen LogP) is 1.62. The Morgan fingerprint density at radius 3 is 3.05 bits per heavy atom. The molecule has 3 rings (SSSR count). The highest BCUT2D eigenvalue weighted by Crippen LogP contribution is 2.28. The Balaban J connectivity index is 1.75. The van der Waals surface area contributed by atoms with Crippen molar-refractivity contribution < 1.29 is 0 Å². The topological polar surface area (TPSA) is 45.4 Å². The molecule has 1 aromatic heterocycles. The molecule has 0 spiro atoms. The van der Waals surface area contributed by atoms with Gasteiger partial charge in [-0.3, -0.25) is 14.8 Å². The summed E-state index contributed by atoms with van der Waals surface area (Å²) in [7, 11) is 0. The fourth-order valence-corrected chi connectivity index (χ4v) is 3.79. The lowest BCUT2D eigenvalue weighted by Crippen LogP contribution is -2.52. The maximum Gasteiger partial charge on any atom is 0.0487 e. The minimum absolute atomic E-state index is 0.299. The molecule has 0 radical (unpaired) electrons. The summed E-state index contributed by atoms with van der Waals surface area (Å²) in [5.74, 6) is 0. The third-order valence-electron chi connectivity index (χ3n) is 4.39. The van der Waals surface area contributed by atoms with Crippen LogP contribution in [0.25, 0.3) is 0 Å². The molecule has 2 aliphatic rings. The van der Waals surface area contributed by atoms with Gasteiger partial charge in [-0.25, -0.2) is 0 Å². The van der Waals surface area contributed by atoms with Crippen molar-refractivity contribution >= 4 is 15.9 Å². The van der Waals surface area contributed by atoms with Gasteiger partial charge >= 0.3 is 0 Å². The average Bonchev–Trinajstić information content (AvgIpc) is 2.87. The molecule has 5 heteroatoms. The number of piperazine rings is 1. The van der Waals surface area contributed by atoms with Crippen molar-refractivity contribution in [1.82, 2.24) is 14.8 Å². The van der Waals surface area contributed by atoms with Gasteiger partial charge in [-0.2, -0.15) is 0 Å². The molecular formula is C14H21BrN4. The van der Waals surface area contributed by atoms with Gasteiger partial charge in [0, 0.05) is 55.1 Å². The van der Waals surface area contributed by atoms with E-state index in [4.69, 9.17) is 5.73 Å². The second-order valence-corrected chi connectivity index (χ2v) is 6.43. The first kappa shape index (κ1) is 13.5. The fraction of sp³-hybridized carbons (Fsp3) is 0.643. The number of nitrogens with two attached hydrogens (primary N) is 1. The lowest BCUT2D eigenvalue weighted by molar-refractivity contribution is 0.0736. The average molecular weight is 325 g/mol. The van der Waals surface area contributed by atoms with Crippen molar-refractivity contribution in [2.24, 2.45) is 5.73 Å². The maximum absolute atomic E-state index is 6.02. The molecule has 3 heterocycles. The molecular weight excluding hydrogens is 304 g/mol. The van der Waals surface area contributed by atoms with Crippen LogP contribution in [0.1, 0.15) is 24.4 Å². The summed E-state index contributed by atoms with van der Waals surface area (Å²) < 4.78 is 1.03. The van der Waals surface area contributed by atoms with Gasteiger partial charge in [0.05, 0.1) is 0 Å². The number of aromatic nitrogens is 1. The van der Waals surface area contributed by atoms with E-state index in [0.29, 0.717) is 12.6 Å². The number of hydrogen-bond donors (Lipinski definition) is 1. The highest BCUT2D eigenvalue weighted by molar-refractivity contribution is 9.10. The van der Waals surface area contributed by atoms with Crippen molar-refractivity contribution in [3.8, 4) is 0 Å². The number of nitrogens with zero attached hydrogens (tertiary/aromatic N) is 3. The Bertz CT molecular complexity index is 439. The van der Waals surface area contributed by atoms with Crippen LogP contribution >= 0.6 is 15.9 Å². The van der Waals surface area contributed by atoms with Gasteiger partial charge in [0.2, 0.25) is 0 Å². The van der Waals surface area contributed by atoms with Crippen LogP contribution in [0.4, 0.5) is 0 Å². The van der Waals surface area contributed by atoms with Gasteiger partial charge in [0.15, 0.2) is 0 Å². The van der Waals surface area contributed by atoms with Crippen LogP contribution in [-0.4, -0.2) is 53.5 Å². The minimum Gasteiger partial charge on any atom is -0.329 e. The maximum atomic E-state index is 6.02. The quantitative estimate of drug-likeness (QED) is 0.917. The molecule has 2 atom stereocenters. The first-order valence-corrected chi connectivity index (χ1v) is 7.86. The van der Waals surface area contributed by atoms with E-state index in [-0.39, 0.29) is 0 Å². The highest BCUT2D eigenvalue weighted by atomic mass is 79.9. The van der Waals surface area contributed by atoms with Gasteiger partial charge in [-0.1, -0.05) is 0 Å². The molecule has 2 saturated heterocycles. The smallest absolute Gasteiger partial charge is 0.0487 e. The number of halogens is 1. The van der Waals surface area contributed by atoms with E-state index in [0.717, 1.165) is 23.6 Å². The molecule has 2 N–H and O–H groups in total. The normalized spacial score (nSPS) is 26.3. The van der Waals surface area contributed by atoms with Crippen LogP contribution in [0, 0.1) is 0 Å². The van der Waals surface area contributed by atoms with Crippen LogP contribution in [-0.2, 0) is 0 Å². The van der Waals surface area contributed by atoms with Gasteiger partial charge < -0.3 is 5.73 Å². The van der Waals surface area contributed by atoms with Gasteiger partial charge in [0.1, 0.15) is 0 Å². The predicted molar refractivity (Wildman–Crippen MR) is 79.9 cm³/mol. The summed E-state index contributed by atoms with van der Waals surface area (Å²) >= 11 is 3.50. The Labute approximate surface area is 123 Å². The summed E-state index contributed by atoms with van der Waals surface area (Å²) in [5, 5.41) is 0. The number of hydrogen-bond acceptors (Lipinski definition) is 4. The Hall–Kier alpha value is -0.490. The largest absolute Gasteiger partial charge is 0.329 e. The SMILES string of the molecule is NCC(c1cncc(Br)c1)N1CCN2CCCC2C1. The van der Waals surface area contributed by atoms with E-state index in [2.05, 4.69) is 36.8 Å². The van der Waals surface area contributed by atoms with Crippen LogP contribution in [0.5, 0.6) is 0 Å². The molecule has 1 aromatic rings. The van der Waals surface area contributed by atoms with E-state index in [1.165, 1.54) is 31.5 Å². The zero-order chi connectivity index (χ0) is 13.2. The molecule has 0 aromatic carbocycles. The molecule has 4 nitrogen and oxygen atoms in total. The second kappa shape index (κ2) is 5.87. The van der Waals surface area contributed by atoms with Crippen LogP contribution in [0.15, 0.2) is 22.9 Å². The first-order chi connectivity index (χ1) is 9.28. The molecule has 19 heavy (non-hydrogen) atoms. The van der Waals surface area contributed by atoms with Crippen molar-refractivity contribution in [3.05, 3.63) is 28.5 Å². The molecule has 2 unspecified atom stereocenters. The molecule has 2 aliphatic heterocycles. The Kier molecular flexibility index (Phi) is 4.17. The van der Waals surface area contributed by atoms with E-state index in [9.17, 15) is 0 Å². The molecule has 0 aliphatic carbocycles. The van der Waals surface area contributed by atoms with E-state index in [1.54, 1.807) is 0 Å². The first-order valence-electron chi connectivity index (χ1n) is 7.06. The molecule has 0 saturated carbocycles. The highest BCUT2D eigenvalue weighted by Gasteiger charge is 2.33. The van der Waals surface area contributed by atoms with Crippen LogP contribution in [0.3, 0.4) is 0 Å². The summed E-state index contributed by atoms with van der Waals surface area (Å²) in [6.07, 6.45) is 6.46. The molecule has 2 fully saturated rings. The monoisotopic (exact) mass is 324 g/mol. The molecule has 0 amide bonds. The third-order valence-corrected chi connectivity index (χ3v) is 4.83. The lowest BCUT2D eigenvalue weighted by atomic mass is 10.0. The summed E-state index contributed by atoms with van der Waals surface area (Å²) in [6.45, 7) is 5.39. The van der Waals surface area contributed by atoms with Crippen molar-refractivity contribution in [2.45, 2.75) is 24.9 Å². The van der Waals surface area contributed by atoms with Gasteiger partial charge in [-0.15, -0.1) is 0 Å². The summed E-state index contributed by atoms with van der Waals surface area (Å²) in [5.41, 5.74) is 7.25. The van der Waals surface area contributed by atoms with Crippen LogP contribution in [0.2, 0.25) is 0 Å². The Morgan fingerprint density at radius 2 is 2.26 bits per heavy atom. The van der Waals surface area contributed by atoms with Crippen molar-refractivity contribution in [2.75, 3.05) is 32.7 Å². The number of pyridine rings is 1. The summed E-state index contributed by atoms with van der Waals surface area (Å²) in [4.78, 5) is 9.44. The fourth-order valence-electron chi connectivity index (χ4n) is 3.40. The zero-order valence-electron chi connectivity index (χ0n) is 11.1. The van der Waals surface area contributed by atoms with Crippen LogP contribution < -0.4 is 5.73 Å². The van der Waals surface area contributed by atoms with Crippen molar-refractivity contribution in [3.63, 3.8) is 0 Å². The van der Waals surface area contributed by atoms with Gasteiger partial charge in [-0.05, 0) is 46.9 Å². The van der Waals surface area contributed by atoms with E-state index in [1.807, 2.05) is 12.4 Å². The van der Waals surface area contributed by atoms with Gasteiger partial charge in [0.25, 0.3) is 0 Å². The second-order valence-electron chi connectivity index (χ2n) is 5.51. The van der Waals surface area contributed by atoms with Crippen molar-refractivity contribution in [1.29, 1.82) is 0 Å². The number of rotatable bonds is 3. The van der Waals surface area contributed by atoms with E-state index >= 15 is 0 Å². The molecule has 0 bridgehead atoms. The zero-order valence-corrected chi connectivity index (χ0v) is 12.7. The Morgan fingerprint density at radius 1 is 1.37 bits per heavy atom. The third kappa shape index (κ3) is 2.84. The lowest BCUT2D eigenvalue weighted by Gasteiger charge is -2.41. The minimum atomic E-state index is 0.299.